The van der Waals surface area contributed by atoms with Crippen molar-refractivity contribution in [1.29, 1.82) is 0 Å². The highest BCUT2D eigenvalue weighted by Gasteiger charge is 2.29. The molecule has 8 aromatic rings. The van der Waals surface area contributed by atoms with Gasteiger partial charge in [-0.25, -0.2) is 0 Å². The number of rotatable bonds is 16. The average Bonchev–Trinajstić information content (AvgIpc) is 4.10. The van der Waals surface area contributed by atoms with E-state index in [1.807, 2.05) is 48.5 Å². The quantitative estimate of drug-likeness (QED) is 0.0571. The number of methoxy groups -OCH3 is 6. The van der Waals surface area contributed by atoms with Crippen LogP contribution in [-0.4, -0.2) is 87.7 Å². The molecule has 0 fully saturated rings. The molecule has 0 bridgehead atoms. The second kappa shape index (κ2) is 24.6. The van der Waals surface area contributed by atoms with Gasteiger partial charge in [-0.1, -0.05) is 53.6 Å². The molecule has 5 aromatic carbocycles. The van der Waals surface area contributed by atoms with Crippen molar-refractivity contribution < 1.29 is 59.9 Å². The molecule has 0 saturated carbocycles. The first-order valence-electron chi connectivity index (χ1n) is 21.5. The van der Waals surface area contributed by atoms with E-state index < -0.39 is 12.8 Å². The van der Waals surface area contributed by atoms with Crippen molar-refractivity contribution in [3.05, 3.63) is 91.0 Å². The van der Waals surface area contributed by atoms with Gasteiger partial charge in [-0.3, -0.25) is 0 Å². The van der Waals surface area contributed by atoms with Crippen molar-refractivity contribution in [2.75, 3.05) is 82.4 Å². The molecule has 0 aliphatic rings. The number of ether oxygens (including phenoxy) is 7. The third-order valence-electron chi connectivity index (χ3n) is 9.97. The van der Waals surface area contributed by atoms with Gasteiger partial charge in [0.25, 0.3) is 0 Å². The van der Waals surface area contributed by atoms with Gasteiger partial charge in [0.2, 0.25) is 5.75 Å². The van der Waals surface area contributed by atoms with E-state index in [4.69, 9.17) is 71.2 Å². The van der Waals surface area contributed by atoms with Gasteiger partial charge in [0, 0.05) is 30.4 Å². The van der Waals surface area contributed by atoms with Crippen molar-refractivity contribution >= 4 is 96.4 Å². The summed E-state index contributed by atoms with van der Waals surface area (Å²) in [6.45, 7) is 3.91. The molecule has 0 spiro atoms. The van der Waals surface area contributed by atoms with Gasteiger partial charge in [0.05, 0.1) is 53.7 Å². The van der Waals surface area contributed by atoms with Crippen LogP contribution in [0.5, 0.6) is 40.2 Å². The molecule has 5 N–H and O–H groups in total. The maximum Gasteiger partial charge on any atom is 0.422 e. The number of thiocarbonyl (C=S) groups is 2. The van der Waals surface area contributed by atoms with Gasteiger partial charge in [0.1, 0.15) is 33.8 Å². The number of nitrogens with one attached hydrogen (secondary N) is 5. The monoisotopic (exact) mass is 1020 g/mol. The first-order valence-corrected chi connectivity index (χ1v) is 22.3. The van der Waals surface area contributed by atoms with Crippen LogP contribution in [0, 0.1) is 5.92 Å². The van der Waals surface area contributed by atoms with Crippen molar-refractivity contribution in [1.82, 2.24) is 15.5 Å². The summed E-state index contributed by atoms with van der Waals surface area (Å²) >= 11 is 10.7. The number of benzene rings is 5. The Morgan fingerprint density at radius 2 is 1.13 bits per heavy atom. The lowest BCUT2D eigenvalue weighted by Gasteiger charge is -2.15. The molecule has 0 amide bonds. The smallest absolute Gasteiger partial charge is 0.422 e. The Balaban J connectivity index is 0.000000184. The lowest BCUT2D eigenvalue weighted by Crippen LogP contribution is -2.20. The number of anilines is 5. The molecule has 0 radical (unpaired) electrons. The van der Waals surface area contributed by atoms with Crippen molar-refractivity contribution in [2.45, 2.75) is 26.4 Å². The van der Waals surface area contributed by atoms with Gasteiger partial charge in [0.15, 0.2) is 62.5 Å². The number of fused-ring (bicyclic) bond motifs is 3. The van der Waals surface area contributed by atoms with Gasteiger partial charge in [-0.15, -0.1) is 0 Å². The van der Waals surface area contributed by atoms with Crippen LogP contribution in [0.3, 0.4) is 0 Å². The van der Waals surface area contributed by atoms with E-state index >= 15 is 0 Å². The number of hydrogen-bond acceptors (Lipinski definition) is 16. The van der Waals surface area contributed by atoms with Crippen LogP contribution in [0.1, 0.15) is 20.3 Å². The van der Waals surface area contributed by atoms with Gasteiger partial charge in [-0.2, -0.15) is 13.2 Å². The molecule has 8 rings (SSSR count). The first kappa shape index (κ1) is 52.5. The standard InChI is InChI=1S/C19H18F3N3O5S.C17H17N3O4S.C12H16N2O/c1-26-13-7-10(8-14(27-2)16(13)28-3)23-18(31)24-17-15-11(29-9-19(20,21)22)5-4-6-12(15)30-25-17;1-21-10-7-8-11(14(9-10)23-3)18-17(25)19-16-15-12(22-2)5-4-6-13(15)24-20-16;1-9(2)7-8-13-12-10-5-3-4-6-11(10)15-14-12/h4-8H,9H2,1-3H3,(H2,23,24,25,31);4-9H,1-3H3,(H2,18,19,20,25);3-6,9H,7-8H2,1-2H3,(H,13,14). The average molecular weight is 1020 g/mol. The highest BCUT2D eigenvalue weighted by molar-refractivity contribution is 7.81. The van der Waals surface area contributed by atoms with Crippen LogP contribution in [-0.2, 0) is 0 Å². The molecule has 0 saturated heterocycles. The number of halogens is 3. The summed E-state index contributed by atoms with van der Waals surface area (Å²) in [7, 11) is 9.19. The third-order valence-corrected chi connectivity index (χ3v) is 10.4. The zero-order valence-corrected chi connectivity index (χ0v) is 41.4. The molecule has 0 atom stereocenters. The molecular formula is C48H51F3N8O10S2. The normalized spacial score (nSPS) is 10.9. The minimum absolute atomic E-state index is 0.0471. The molecule has 23 heteroatoms. The second-order valence-corrected chi connectivity index (χ2v) is 16.0. The molecule has 3 heterocycles. The molecule has 376 valence electrons. The maximum atomic E-state index is 12.6. The van der Waals surface area contributed by atoms with E-state index in [1.165, 1.54) is 33.5 Å². The van der Waals surface area contributed by atoms with E-state index in [9.17, 15) is 13.2 Å². The van der Waals surface area contributed by atoms with Crippen LogP contribution in [0.15, 0.2) is 105 Å². The Hall–Kier alpha value is -7.92. The highest BCUT2D eigenvalue weighted by Crippen LogP contribution is 2.40. The van der Waals surface area contributed by atoms with E-state index in [0.717, 1.165) is 35.1 Å². The first-order chi connectivity index (χ1) is 34.2. The van der Waals surface area contributed by atoms with Crippen LogP contribution >= 0.6 is 24.4 Å². The zero-order chi connectivity index (χ0) is 51.1. The Labute approximate surface area is 416 Å². The Morgan fingerprint density at radius 3 is 1.70 bits per heavy atom. The van der Waals surface area contributed by atoms with Gasteiger partial charge >= 0.3 is 6.18 Å². The van der Waals surface area contributed by atoms with E-state index in [-0.39, 0.29) is 27.6 Å². The number of para-hydroxylation sites is 1. The fourth-order valence-electron chi connectivity index (χ4n) is 6.62. The lowest BCUT2D eigenvalue weighted by molar-refractivity contribution is -0.153. The number of hydrogen-bond donors (Lipinski definition) is 5. The van der Waals surface area contributed by atoms with Crippen LogP contribution in [0.2, 0.25) is 0 Å². The van der Waals surface area contributed by atoms with Gasteiger partial charge < -0.3 is 73.3 Å². The fourth-order valence-corrected chi connectivity index (χ4v) is 7.04. The van der Waals surface area contributed by atoms with Crippen LogP contribution in [0.4, 0.5) is 42.0 Å². The van der Waals surface area contributed by atoms with E-state index in [1.54, 1.807) is 51.7 Å². The van der Waals surface area contributed by atoms with Crippen molar-refractivity contribution in [2.24, 2.45) is 5.92 Å². The molecular weight excluding hydrogens is 970 g/mol. The SMILES string of the molecule is CC(C)CCNc1noc2ccccc12.COc1cc(NC(=S)Nc2noc3cccc(OCC(F)(F)F)c23)cc(OC)c1OC.COc1ccc(NC(=S)Nc2noc3cccc(OC)c23)c(OC)c1. The Bertz CT molecular complexity index is 3030. The lowest BCUT2D eigenvalue weighted by atomic mass is 10.1. The summed E-state index contributed by atoms with van der Waals surface area (Å²) in [6.07, 6.45) is -3.35. The minimum Gasteiger partial charge on any atom is -0.497 e. The fraction of sp³-hybridized carbons (Fsp3) is 0.271. The second-order valence-electron chi connectivity index (χ2n) is 15.2. The summed E-state index contributed by atoms with van der Waals surface area (Å²) in [5, 5.41) is 29.4. The highest BCUT2D eigenvalue weighted by atomic mass is 32.1. The topological polar surface area (TPSA) is 203 Å². The van der Waals surface area contributed by atoms with Crippen molar-refractivity contribution in [3.8, 4) is 40.2 Å². The predicted octanol–water partition coefficient (Wildman–Crippen LogP) is 11.6. The van der Waals surface area contributed by atoms with Crippen LogP contribution in [0.25, 0.3) is 32.9 Å². The molecule has 71 heavy (non-hydrogen) atoms. The summed E-state index contributed by atoms with van der Waals surface area (Å²) in [5.74, 6) is 5.23. The molecule has 3 aromatic heterocycles. The summed E-state index contributed by atoms with van der Waals surface area (Å²) < 4.78 is 89.9. The van der Waals surface area contributed by atoms with Crippen molar-refractivity contribution in [3.63, 3.8) is 0 Å². The van der Waals surface area contributed by atoms with Gasteiger partial charge in [-0.05, 0) is 85.3 Å². The minimum atomic E-state index is -4.49. The number of nitrogens with zero attached hydrogens (tertiary/aromatic N) is 3. The predicted molar refractivity (Wildman–Crippen MR) is 273 cm³/mol. The maximum absolute atomic E-state index is 12.6. The molecule has 0 aliphatic carbocycles. The largest absolute Gasteiger partial charge is 0.497 e. The molecule has 18 nitrogen and oxygen atoms in total. The summed E-state index contributed by atoms with van der Waals surface area (Å²) in [5.41, 5.74) is 2.88. The molecule has 0 unspecified atom stereocenters. The molecule has 0 aliphatic heterocycles. The Kier molecular flexibility index (Phi) is 18.2. The summed E-state index contributed by atoms with van der Waals surface area (Å²) in [6, 6.07) is 26.4. The van der Waals surface area contributed by atoms with Crippen LogP contribution < -0.4 is 59.7 Å². The number of aromatic nitrogens is 3. The van der Waals surface area contributed by atoms with E-state index in [0.29, 0.717) is 68.3 Å². The third kappa shape index (κ3) is 13.9. The summed E-state index contributed by atoms with van der Waals surface area (Å²) in [4.78, 5) is 0. The zero-order valence-electron chi connectivity index (χ0n) is 39.7. The number of alkyl halides is 3. The Morgan fingerprint density at radius 1 is 0.577 bits per heavy atom. The van der Waals surface area contributed by atoms with E-state index in [2.05, 4.69) is 55.9 Å².